The summed E-state index contributed by atoms with van der Waals surface area (Å²) < 4.78 is 6.13. The highest BCUT2D eigenvalue weighted by Gasteiger charge is 2.15. The van der Waals surface area contributed by atoms with Gasteiger partial charge in [0.1, 0.15) is 0 Å². The van der Waals surface area contributed by atoms with Crippen LogP contribution in [0.5, 0.6) is 5.88 Å². The summed E-state index contributed by atoms with van der Waals surface area (Å²) in [5, 5.41) is 7.75. The molecule has 0 aliphatic carbocycles. The molecule has 2 heterocycles. The van der Waals surface area contributed by atoms with Crippen molar-refractivity contribution in [2.75, 3.05) is 12.4 Å². The SMILES string of the molecule is COc1ccc(NC(=O)c2nn(C)c(=O)c3ccccc23)cn1. The van der Waals surface area contributed by atoms with Gasteiger partial charge in [0, 0.05) is 18.5 Å². The van der Waals surface area contributed by atoms with E-state index in [4.69, 9.17) is 4.74 Å². The fraction of sp³-hybridized carbons (Fsp3) is 0.125. The Labute approximate surface area is 131 Å². The van der Waals surface area contributed by atoms with Crippen LogP contribution in [0.4, 0.5) is 5.69 Å². The molecule has 0 unspecified atom stereocenters. The summed E-state index contributed by atoms with van der Waals surface area (Å²) in [4.78, 5) is 28.6. The number of pyridine rings is 1. The molecule has 0 aliphatic rings. The molecular weight excluding hydrogens is 296 g/mol. The lowest BCUT2D eigenvalue weighted by molar-refractivity contribution is 0.102. The highest BCUT2D eigenvalue weighted by Crippen LogP contribution is 2.16. The largest absolute Gasteiger partial charge is 0.481 e. The Morgan fingerprint density at radius 2 is 1.91 bits per heavy atom. The number of aryl methyl sites for hydroxylation is 1. The molecule has 0 radical (unpaired) electrons. The third-order valence-corrected chi connectivity index (χ3v) is 3.37. The minimum Gasteiger partial charge on any atom is -0.481 e. The summed E-state index contributed by atoms with van der Waals surface area (Å²) in [5.74, 6) is 0.0393. The Morgan fingerprint density at radius 3 is 2.57 bits per heavy atom. The van der Waals surface area contributed by atoms with Crippen LogP contribution in [0.3, 0.4) is 0 Å². The van der Waals surface area contributed by atoms with Gasteiger partial charge in [-0.25, -0.2) is 9.67 Å². The zero-order valence-corrected chi connectivity index (χ0v) is 12.6. The number of anilines is 1. The summed E-state index contributed by atoms with van der Waals surface area (Å²) >= 11 is 0. The van der Waals surface area contributed by atoms with Crippen molar-refractivity contribution in [2.24, 2.45) is 7.05 Å². The van der Waals surface area contributed by atoms with Crippen molar-refractivity contribution in [1.82, 2.24) is 14.8 Å². The second kappa shape index (κ2) is 5.88. The van der Waals surface area contributed by atoms with Crippen LogP contribution in [-0.2, 0) is 7.05 Å². The van der Waals surface area contributed by atoms with Crippen molar-refractivity contribution in [3.8, 4) is 5.88 Å². The van der Waals surface area contributed by atoms with Crippen LogP contribution in [0.2, 0.25) is 0 Å². The fourth-order valence-corrected chi connectivity index (χ4v) is 2.23. The Hall–Kier alpha value is -3.22. The number of rotatable bonds is 3. The van der Waals surface area contributed by atoms with Gasteiger partial charge in [-0.2, -0.15) is 5.10 Å². The molecular formula is C16H14N4O3. The van der Waals surface area contributed by atoms with Gasteiger partial charge in [0.05, 0.1) is 24.4 Å². The van der Waals surface area contributed by atoms with Crippen molar-refractivity contribution in [3.05, 3.63) is 58.6 Å². The molecule has 1 aromatic carbocycles. The lowest BCUT2D eigenvalue weighted by atomic mass is 10.1. The number of ether oxygens (including phenoxy) is 1. The molecule has 1 N–H and O–H groups in total. The molecule has 116 valence electrons. The molecule has 1 amide bonds. The third kappa shape index (κ3) is 2.76. The van der Waals surface area contributed by atoms with Crippen molar-refractivity contribution in [2.45, 2.75) is 0 Å². The van der Waals surface area contributed by atoms with Crippen LogP contribution in [0.25, 0.3) is 10.8 Å². The van der Waals surface area contributed by atoms with E-state index in [1.807, 2.05) is 0 Å². The van der Waals surface area contributed by atoms with Gasteiger partial charge in [0.15, 0.2) is 5.69 Å². The monoisotopic (exact) mass is 310 g/mol. The maximum Gasteiger partial charge on any atom is 0.276 e. The molecule has 0 saturated carbocycles. The number of amides is 1. The summed E-state index contributed by atoms with van der Waals surface area (Å²) in [6, 6.07) is 10.2. The Morgan fingerprint density at radius 1 is 1.17 bits per heavy atom. The van der Waals surface area contributed by atoms with E-state index >= 15 is 0 Å². The number of benzene rings is 1. The van der Waals surface area contributed by atoms with Gasteiger partial charge in [-0.05, 0) is 12.1 Å². The lowest BCUT2D eigenvalue weighted by Crippen LogP contribution is -2.25. The minimum absolute atomic E-state index is 0.179. The molecule has 0 bridgehead atoms. The molecule has 0 aliphatic heterocycles. The van der Waals surface area contributed by atoms with Gasteiger partial charge in [0.2, 0.25) is 5.88 Å². The molecule has 3 rings (SSSR count). The molecule has 3 aromatic rings. The van der Waals surface area contributed by atoms with E-state index in [0.717, 1.165) is 4.68 Å². The van der Waals surface area contributed by atoms with Crippen LogP contribution < -0.4 is 15.6 Å². The quantitative estimate of drug-likeness (QED) is 0.794. The molecule has 7 nitrogen and oxygen atoms in total. The number of carbonyl (C=O) groups is 1. The first-order valence-electron chi connectivity index (χ1n) is 6.87. The average Bonchev–Trinajstić information content (AvgIpc) is 2.58. The van der Waals surface area contributed by atoms with E-state index < -0.39 is 5.91 Å². The predicted molar refractivity (Wildman–Crippen MR) is 85.7 cm³/mol. The van der Waals surface area contributed by atoms with Gasteiger partial charge in [-0.15, -0.1) is 0 Å². The van der Waals surface area contributed by atoms with Gasteiger partial charge in [0.25, 0.3) is 11.5 Å². The van der Waals surface area contributed by atoms with Gasteiger partial charge in [-0.1, -0.05) is 18.2 Å². The molecule has 23 heavy (non-hydrogen) atoms. The normalized spacial score (nSPS) is 10.5. The van der Waals surface area contributed by atoms with Crippen LogP contribution >= 0.6 is 0 Å². The van der Waals surface area contributed by atoms with Crippen LogP contribution in [0.15, 0.2) is 47.4 Å². The standard InChI is InChI=1S/C16H14N4O3/c1-20-16(22)12-6-4-3-5-11(12)14(19-20)15(21)18-10-7-8-13(23-2)17-9-10/h3-9H,1-2H3,(H,18,21). The van der Waals surface area contributed by atoms with E-state index in [0.29, 0.717) is 22.3 Å². The maximum atomic E-state index is 12.5. The first-order chi connectivity index (χ1) is 11.1. The van der Waals surface area contributed by atoms with E-state index in [-0.39, 0.29) is 11.3 Å². The summed E-state index contributed by atoms with van der Waals surface area (Å²) in [7, 11) is 3.03. The highest BCUT2D eigenvalue weighted by molar-refractivity contribution is 6.11. The zero-order chi connectivity index (χ0) is 16.4. The minimum atomic E-state index is -0.413. The van der Waals surface area contributed by atoms with E-state index in [1.165, 1.54) is 20.4 Å². The number of nitrogens with zero attached hydrogens (tertiary/aromatic N) is 3. The fourth-order valence-electron chi connectivity index (χ4n) is 2.23. The van der Waals surface area contributed by atoms with Crippen molar-refractivity contribution < 1.29 is 9.53 Å². The number of hydrogen-bond donors (Lipinski definition) is 1. The number of nitrogens with one attached hydrogen (secondary N) is 1. The van der Waals surface area contributed by atoms with Gasteiger partial charge >= 0.3 is 0 Å². The zero-order valence-electron chi connectivity index (χ0n) is 12.6. The molecule has 7 heteroatoms. The second-order valence-corrected chi connectivity index (χ2v) is 4.87. The van der Waals surface area contributed by atoms with Crippen molar-refractivity contribution in [1.29, 1.82) is 0 Å². The highest BCUT2D eigenvalue weighted by atomic mass is 16.5. The first kappa shape index (κ1) is 14.7. The van der Waals surface area contributed by atoms with E-state index in [1.54, 1.807) is 36.4 Å². The van der Waals surface area contributed by atoms with E-state index in [2.05, 4.69) is 15.4 Å². The lowest BCUT2D eigenvalue weighted by Gasteiger charge is -2.09. The van der Waals surface area contributed by atoms with E-state index in [9.17, 15) is 9.59 Å². The summed E-state index contributed by atoms with van der Waals surface area (Å²) in [6.07, 6.45) is 1.49. The number of aromatic nitrogens is 3. The van der Waals surface area contributed by atoms with Crippen LogP contribution in [-0.4, -0.2) is 27.8 Å². The smallest absolute Gasteiger partial charge is 0.276 e. The van der Waals surface area contributed by atoms with Crippen LogP contribution in [0, 0.1) is 0 Å². The summed E-state index contributed by atoms with van der Waals surface area (Å²) in [5.41, 5.74) is 0.442. The third-order valence-electron chi connectivity index (χ3n) is 3.37. The Kier molecular flexibility index (Phi) is 3.76. The number of methoxy groups -OCH3 is 1. The molecule has 2 aromatic heterocycles. The Bertz CT molecular complexity index is 932. The average molecular weight is 310 g/mol. The number of carbonyl (C=O) groups excluding carboxylic acids is 1. The second-order valence-electron chi connectivity index (χ2n) is 4.87. The number of hydrogen-bond acceptors (Lipinski definition) is 5. The maximum absolute atomic E-state index is 12.5. The predicted octanol–water partition coefficient (Wildman–Crippen LogP) is 1.59. The van der Waals surface area contributed by atoms with Crippen LogP contribution in [0.1, 0.15) is 10.5 Å². The van der Waals surface area contributed by atoms with Crippen molar-refractivity contribution >= 4 is 22.4 Å². The number of fused-ring (bicyclic) bond motifs is 1. The Balaban J connectivity index is 2.00. The van der Waals surface area contributed by atoms with Crippen molar-refractivity contribution in [3.63, 3.8) is 0 Å². The van der Waals surface area contributed by atoms with Gasteiger partial charge in [-0.3, -0.25) is 9.59 Å². The first-order valence-corrected chi connectivity index (χ1v) is 6.87. The molecule has 0 spiro atoms. The molecule has 0 atom stereocenters. The molecule has 0 fully saturated rings. The topological polar surface area (TPSA) is 86.1 Å². The summed E-state index contributed by atoms with van der Waals surface area (Å²) in [6.45, 7) is 0. The molecule has 0 saturated heterocycles. The van der Waals surface area contributed by atoms with Gasteiger partial charge < -0.3 is 10.1 Å².